The van der Waals surface area contributed by atoms with Gasteiger partial charge in [-0.25, -0.2) is 8.78 Å². The quantitative estimate of drug-likeness (QED) is 0.430. The Labute approximate surface area is 131 Å². The van der Waals surface area contributed by atoms with Crippen molar-refractivity contribution < 1.29 is 8.78 Å². The Morgan fingerprint density at radius 1 is 0.773 bits per heavy atom. The second-order valence-corrected chi connectivity index (χ2v) is 6.03. The minimum Gasteiger partial charge on any atom is -0.308 e. The summed E-state index contributed by atoms with van der Waals surface area (Å²) in [6, 6.07) is 19.7. The van der Waals surface area contributed by atoms with E-state index in [9.17, 15) is 8.78 Å². The average molecular weight is 311 g/mol. The minimum atomic E-state index is -0.572. The molecule has 0 saturated carbocycles. The number of rotatable bonds is 1. The van der Waals surface area contributed by atoms with Crippen LogP contribution in [0.1, 0.15) is 0 Å². The molecule has 0 radical (unpaired) electrons. The van der Waals surface area contributed by atoms with Gasteiger partial charge in [-0.2, -0.15) is 0 Å². The summed E-state index contributed by atoms with van der Waals surface area (Å²) < 4.78 is 28.0. The lowest BCUT2D eigenvalue weighted by Gasteiger charge is -2.32. The molecule has 3 aromatic rings. The Bertz CT molecular complexity index is 849. The number of benzene rings is 3. The second kappa shape index (κ2) is 5.14. The van der Waals surface area contributed by atoms with Crippen LogP contribution in [0.2, 0.25) is 0 Å². The molecule has 0 N–H and O–H groups in total. The standard InChI is InChI=1S/C18H11F2NS/c19-12-10-14(20)18-16(11-12)21(13-6-2-1-3-7-13)15-8-4-5-9-17(15)22-18/h1-11H. The van der Waals surface area contributed by atoms with Crippen LogP contribution in [-0.2, 0) is 0 Å². The van der Waals surface area contributed by atoms with Crippen LogP contribution in [0.5, 0.6) is 0 Å². The summed E-state index contributed by atoms with van der Waals surface area (Å²) in [4.78, 5) is 3.29. The molecule has 22 heavy (non-hydrogen) atoms. The van der Waals surface area contributed by atoms with Gasteiger partial charge in [0.05, 0.1) is 16.3 Å². The van der Waals surface area contributed by atoms with Gasteiger partial charge in [0.25, 0.3) is 0 Å². The smallest absolute Gasteiger partial charge is 0.142 e. The van der Waals surface area contributed by atoms with Crippen LogP contribution >= 0.6 is 11.8 Å². The van der Waals surface area contributed by atoms with Crippen molar-refractivity contribution in [1.29, 1.82) is 0 Å². The monoisotopic (exact) mass is 311 g/mol. The first-order valence-electron chi connectivity index (χ1n) is 6.85. The van der Waals surface area contributed by atoms with E-state index in [1.54, 1.807) is 0 Å². The summed E-state index contributed by atoms with van der Waals surface area (Å²) >= 11 is 1.33. The van der Waals surface area contributed by atoms with Gasteiger partial charge in [-0.3, -0.25) is 0 Å². The molecule has 0 atom stereocenters. The number of hydrogen-bond donors (Lipinski definition) is 0. The number of anilines is 3. The molecule has 1 aliphatic heterocycles. The summed E-state index contributed by atoms with van der Waals surface area (Å²) in [6.45, 7) is 0. The number of fused-ring (bicyclic) bond motifs is 2. The van der Waals surface area contributed by atoms with Gasteiger partial charge in [0.2, 0.25) is 0 Å². The van der Waals surface area contributed by atoms with Gasteiger partial charge < -0.3 is 4.90 Å². The van der Waals surface area contributed by atoms with Crippen molar-refractivity contribution in [3.05, 3.63) is 78.4 Å². The maximum absolute atomic E-state index is 14.2. The summed E-state index contributed by atoms with van der Waals surface area (Å²) in [5.74, 6) is -1.10. The van der Waals surface area contributed by atoms with Crippen LogP contribution in [0.4, 0.5) is 25.8 Å². The van der Waals surface area contributed by atoms with Crippen LogP contribution in [0, 0.1) is 11.6 Å². The Balaban J connectivity index is 2.01. The van der Waals surface area contributed by atoms with Crippen molar-refractivity contribution in [2.24, 2.45) is 0 Å². The zero-order valence-corrected chi connectivity index (χ0v) is 12.3. The molecule has 108 valence electrons. The third-order valence-corrected chi connectivity index (χ3v) is 4.74. The largest absolute Gasteiger partial charge is 0.308 e. The van der Waals surface area contributed by atoms with Crippen molar-refractivity contribution in [3.63, 3.8) is 0 Å². The summed E-state index contributed by atoms with van der Waals surface area (Å²) in [6.07, 6.45) is 0. The molecule has 0 amide bonds. The number of halogens is 2. The Hall–Kier alpha value is -2.33. The lowest BCUT2D eigenvalue weighted by atomic mass is 10.1. The molecule has 1 nitrogen and oxygen atoms in total. The molecule has 0 spiro atoms. The fourth-order valence-electron chi connectivity index (χ4n) is 2.64. The van der Waals surface area contributed by atoms with E-state index >= 15 is 0 Å². The molecule has 0 saturated heterocycles. The fraction of sp³-hybridized carbons (Fsp3) is 0. The lowest BCUT2D eigenvalue weighted by Crippen LogP contribution is -2.15. The third kappa shape index (κ3) is 2.07. The molecule has 0 fully saturated rings. The molecule has 0 aliphatic carbocycles. The Morgan fingerprint density at radius 3 is 2.32 bits per heavy atom. The van der Waals surface area contributed by atoms with E-state index in [-0.39, 0.29) is 0 Å². The Kier molecular flexibility index (Phi) is 3.12. The van der Waals surface area contributed by atoms with Gasteiger partial charge in [-0.1, -0.05) is 42.1 Å². The fourth-order valence-corrected chi connectivity index (χ4v) is 3.68. The lowest BCUT2D eigenvalue weighted by molar-refractivity contribution is 0.566. The molecular formula is C18H11F2NS. The van der Waals surface area contributed by atoms with Gasteiger partial charge in [0.15, 0.2) is 0 Å². The number of para-hydroxylation sites is 2. The van der Waals surface area contributed by atoms with Crippen LogP contribution in [0.15, 0.2) is 76.5 Å². The van der Waals surface area contributed by atoms with E-state index in [2.05, 4.69) is 0 Å². The van der Waals surface area contributed by atoms with E-state index in [0.29, 0.717) is 10.6 Å². The van der Waals surface area contributed by atoms with Crippen LogP contribution in [-0.4, -0.2) is 0 Å². The van der Waals surface area contributed by atoms with Crippen LogP contribution < -0.4 is 4.90 Å². The molecule has 0 bridgehead atoms. The average Bonchev–Trinajstić information content (AvgIpc) is 2.54. The van der Waals surface area contributed by atoms with Gasteiger partial charge in [0.1, 0.15) is 11.6 Å². The molecule has 4 heteroatoms. The van der Waals surface area contributed by atoms with Crippen LogP contribution in [0.3, 0.4) is 0 Å². The first-order valence-corrected chi connectivity index (χ1v) is 7.67. The third-order valence-electron chi connectivity index (χ3n) is 3.56. The topological polar surface area (TPSA) is 3.24 Å². The van der Waals surface area contributed by atoms with Gasteiger partial charge >= 0.3 is 0 Å². The first kappa shape index (κ1) is 13.3. The zero-order chi connectivity index (χ0) is 15.1. The Morgan fingerprint density at radius 2 is 1.50 bits per heavy atom. The van der Waals surface area contributed by atoms with E-state index in [1.807, 2.05) is 59.5 Å². The zero-order valence-electron chi connectivity index (χ0n) is 11.5. The van der Waals surface area contributed by atoms with Crippen molar-refractivity contribution >= 4 is 28.8 Å². The van der Waals surface area contributed by atoms with Gasteiger partial charge in [-0.15, -0.1) is 0 Å². The van der Waals surface area contributed by atoms with E-state index in [4.69, 9.17) is 0 Å². The highest BCUT2D eigenvalue weighted by atomic mass is 32.2. The molecule has 0 aromatic heterocycles. The molecule has 1 heterocycles. The van der Waals surface area contributed by atoms with Crippen LogP contribution in [0.25, 0.3) is 0 Å². The highest BCUT2D eigenvalue weighted by molar-refractivity contribution is 7.99. The maximum atomic E-state index is 14.2. The van der Waals surface area contributed by atoms with E-state index < -0.39 is 11.6 Å². The molecule has 1 aliphatic rings. The second-order valence-electron chi connectivity index (χ2n) is 4.98. The predicted molar refractivity (Wildman–Crippen MR) is 85.2 cm³/mol. The number of nitrogens with zero attached hydrogens (tertiary/aromatic N) is 1. The highest BCUT2D eigenvalue weighted by Gasteiger charge is 2.27. The van der Waals surface area contributed by atoms with Gasteiger partial charge in [-0.05, 0) is 30.3 Å². The van der Waals surface area contributed by atoms with Crippen molar-refractivity contribution in [3.8, 4) is 0 Å². The predicted octanol–water partition coefficient (Wildman–Crippen LogP) is 5.90. The van der Waals surface area contributed by atoms with Gasteiger partial charge in [0, 0.05) is 16.6 Å². The van der Waals surface area contributed by atoms with Crippen molar-refractivity contribution in [1.82, 2.24) is 0 Å². The summed E-state index contributed by atoms with van der Waals surface area (Å²) in [5.41, 5.74) is 2.34. The molecule has 4 rings (SSSR count). The molecule has 0 unspecified atom stereocenters. The number of hydrogen-bond acceptors (Lipinski definition) is 2. The molecule has 3 aromatic carbocycles. The highest BCUT2D eigenvalue weighted by Crippen LogP contribution is 2.52. The summed E-state index contributed by atoms with van der Waals surface area (Å²) in [5, 5.41) is 0. The minimum absolute atomic E-state index is 0.448. The summed E-state index contributed by atoms with van der Waals surface area (Å²) in [7, 11) is 0. The normalized spacial score (nSPS) is 12.7. The molecular weight excluding hydrogens is 300 g/mol. The van der Waals surface area contributed by atoms with E-state index in [1.165, 1.54) is 17.8 Å². The van der Waals surface area contributed by atoms with E-state index in [0.717, 1.165) is 22.3 Å². The first-order chi connectivity index (χ1) is 10.7. The van der Waals surface area contributed by atoms with Crippen molar-refractivity contribution in [2.75, 3.05) is 4.90 Å². The maximum Gasteiger partial charge on any atom is 0.142 e. The van der Waals surface area contributed by atoms with Crippen molar-refractivity contribution in [2.45, 2.75) is 9.79 Å². The SMILES string of the molecule is Fc1cc(F)c2c(c1)N(c1ccccc1)c1ccccc1S2.